The summed E-state index contributed by atoms with van der Waals surface area (Å²) < 4.78 is 0. The van der Waals surface area contributed by atoms with Crippen molar-refractivity contribution in [3.05, 3.63) is 59.5 Å². The van der Waals surface area contributed by atoms with E-state index in [0.717, 1.165) is 43.4 Å². The summed E-state index contributed by atoms with van der Waals surface area (Å²) in [7, 11) is 0. The standard InChI is InChI=1S/C24H28N2O2S/c25-23(28)24(16-19-8-3-9-20(14-19)21-10-4-13-29-21)11-5-12-26(17-24)22(27)15-18-6-1-2-7-18/h1,3-4,6,8-10,13-14,18H,2,5,7,11-12,15-17H2,(H2,25,28). The number of hydrogen-bond donors (Lipinski definition) is 1. The summed E-state index contributed by atoms with van der Waals surface area (Å²) in [6.07, 6.45) is 9.09. The third-order valence-corrected chi connectivity index (χ3v) is 7.20. The van der Waals surface area contributed by atoms with Crippen molar-refractivity contribution in [2.45, 2.75) is 38.5 Å². The van der Waals surface area contributed by atoms with Crippen LogP contribution in [0, 0.1) is 11.3 Å². The Kier molecular flexibility index (Phi) is 5.86. The number of nitrogens with zero attached hydrogens (tertiary/aromatic N) is 1. The van der Waals surface area contributed by atoms with Gasteiger partial charge in [0, 0.05) is 24.4 Å². The summed E-state index contributed by atoms with van der Waals surface area (Å²) in [6, 6.07) is 12.5. The lowest BCUT2D eigenvalue weighted by Crippen LogP contribution is -2.53. The summed E-state index contributed by atoms with van der Waals surface area (Å²) in [5.74, 6) is 0.200. The van der Waals surface area contributed by atoms with Crippen LogP contribution in [0.1, 0.15) is 37.7 Å². The van der Waals surface area contributed by atoms with E-state index in [2.05, 4.69) is 41.8 Å². The van der Waals surface area contributed by atoms with Gasteiger partial charge in [0.2, 0.25) is 11.8 Å². The highest BCUT2D eigenvalue weighted by Crippen LogP contribution is 2.36. The fourth-order valence-corrected chi connectivity index (χ4v) is 5.39. The van der Waals surface area contributed by atoms with E-state index in [1.807, 2.05) is 17.0 Å². The lowest BCUT2D eigenvalue weighted by molar-refractivity contribution is -0.140. The van der Waals surface area contributed by atoms with Crippen LogP contribution in [0.2, 0.25) is 0 Å². The van der Waals surface area contributed by atoms with Crippen LogP contribution in [-0.4, -0.2) is 29.8 Å². The van der Waals surface area contributed by atoms with Crippen molar-refractivity contribution < 1.29 is 9.59 Å². The van der Waals surface area contributed by atoms with Gasteiger partial charge in [0.05, 0.1) is 5.41 Å². The van der Waals surface area contributed by atoms with Gasteiger partial charge in [0.1, 0.15) is 0 Å². The number of amides is 2. The van der Waals surface area contributed by atoms with Crippen molar-refractivity contribution in [2.24, 2.45) is 17.1 Å². The van der Waals surface area contributed by atoms with Gasteiger partial charge in [-0.25, -0.2) is 0 Å². The van der Waals surface area contributed by atoms with Crippen molar-refractivity contribution in [2.75, 3.05) is 13.1 Å². The molecule has 2 aromatic rings. The van der Waals surface area contributed by atoms with Crippen LogP contribution >= 0.6 is 11.3 Å². The number of hydrogen-bond acceptors (Lipinski definition) is 3. The Labute approximate surface area is 176 Å². The van der Waals surface area contributed by atoms with E-state index in [-0.39, 0.29) is 11.8 Å². The molecule has 2 unspecified atom stereocenters. The molecular weight excluding hydrogens is 380 g/mol. The van der Waals surface area contributed by atoms with Crippen molar-refractivity contribution in [3.63, 3.8) is 0 Å². The second kappa shape index (κ2) is 8.54. The molecule has 1 aromatic carbocycles. The van der Waals surface area contributed by atoms with E-state index in [1.54, 1.807) is 11.3 Å². The zero-order chi connectivity index (χ0) is 20.3. The molecule has 29 heavy (non-hydrogen) atoms. The first-order valence-electron chi connectivity index (χ1n) is 10.4. The summed E-state index contributed by atoms with van der Waals surface area (Å²) in [4.78, 5) is 28.5. The summed E-state index contributed by atoms with van der Waals surface area (Å²) in [6.45, 7) is 1.15. The largest absolute Gasteiger partial charge is 0.369 e. The molecule has 1 aromatic heterocycles. The smallest absolute Gasteiger partial charge is 0.225 e. The number of piperidine rings is 1. The van der Waals surface area contributed by atoms with Gasteiger partial charge in [0.15, 0.2) is 0 Å². The Morgan fingerprint density at radius 3 is 2.86 bits per heavy atom. The van der Waals surface area contributed by atoms with Gasteiger partial charge in [0.25, 0.3) is 0 Å². The molecule has 4 rings (SSSR count). The van der Waals surface area contributed by atoms with Crippen molar-refractivity contribution in [1.29, 1.82) is 0 Å². The van der Waals surface area contributed by atoms with Gasteiger partial charge in [-0.15, -0.1) is 11.3 Å². The van der Waals surface area contributed by atoms with Crippen LogP contribution in [0.5, 0.6) is 0 Å². The highest BCUT2D eigenvalue weighted by atomic mass is 32.1. The van der Waals surface area contributed by atoms with Crippen molar-refractivity contribution >= 4 is 23.2 Å². The highest BCUT2D eigenvalue weighted by molar-refractivity contribution is 7.13. The van der Waals surface area contributed by atoms with Crippen LogP contribution in [0.3, 0.4) is 0 Å². The van der Waals surface area contributed by atoms with Crippen LogP contribution in [0.4, 0.5) is 0 Å². The number of thiophene rings is 1. The normalized spacial score (nSPS) is 24.0. The summed E-state index contributed by atoms with van der Waals surface area (Å²) in [5, 5.41) is 2.07. The lowest BCUT2D eigenvalue weighted by Gasteiger charge is -2.41. The number of likely N-dealkylation sites (tertiary alicyclic amines) is 1. The molecule has 2 aliphatic rings. The fraction of sp³-hybridized carbons (Fsp3) is 0.417. The van der Waals surface area contributed by atoms with E-state index in [0.29, 0.717) is 25.3 Å². The zero-order valence-electron chi connectivity index (χ0n) is 16.7. The van der Waals surface area contributed by atoms with Crippen molar-refractivity contribution in [1.82, 2.24) is 4.90 Å². The average Bonchev–Trinajstić information content (AvgIpc) is 3.42. The molecule has 0 spiro atoms. The first-order chi connectivity index (χ1) is 14.1. The molecule has 2 amide bonds. The lowest BCUT2D eigenvalue weighted by atomic mass is 9.74. The number of benzene rings is 1. The Balaban J connectivity index is 1.51. The number of primary amides is 1. The Morgan fingerprint density at radius 2 is 2.14 bits per heavy atom. The molecule has 152 valence electrons. The van der Waals surface area contributed by atoms with E-state index in [9.17, 15) is 9.59 Å². The molecule has 2 heterocycles. The van der Waals surface area contributed by atoms with Gasteiger partial charge in [-0.1, -0.05) is 42.5 Å². The van der Waals surface area contributed by atoms with E-state index >= 15 is 0 Å². The summed E-state index contributed by atoms with van der Waals surface area (Å²) >= 11 is 1.71. The number of rotatable bonds is 6. The van der Waals surface area contributed by atoms with Gasteiger partial charge in [-0.3, -0.25) is 9.59 Å². The molecule has 1 fully saturated rings. The van der Waals surface area contributed by atoms with E-state index < -0.39 is 5.41 Å². The maximum absolute atomic E-state index is 12.9. The molecule has 4 nitrogen and oxygen atoms in total. The molecule has 0 bridgehead atoms. The molecule has 1 aliphatic heterocycles. The summed E-state index contributed by atoms with van der Waals surface area (Å²) in [5.41, 5.74) is 7.50. The molecule has 2 N–H and O–H groups in total. The first kappa shape index (κ1) is 19.9. The second-order valence-corrected chi connectivity index (χ2v) is 9.34. The molecule has 2 atom stereocenters. The van der Waals surface area contributed by atoms with Gasteiger partial charge in [-0.05, 0) is 60.6 Å². The van der Waals surface area contributed by atoms with Crippen LogP contribution in [-0.2, 0) is 16.0 Å². The van der Waals surface area contributed by atoms with E-state index in [1.165, 1.54) is 4.88 Å². The van der Waals surface area contributed by atoms with Gasteiger partial charge >= 0.3 is 0 Å². The number of nitrogens with two attached hydrogens (primary N) is 1. The molecule has 0 radical (unpaired) electrons. The maximum atomic E-state index is 12.9. The second-order valence-electron chi connectivity index (χ2n) is 8.39. The molecule has 1 saturated heterocycles. The predicted molar refractivity (Wildman–Crippen MR) is 117 cm³/mol. The molecule has 1 aliphatic carbocycles. The van der Waals surface area contributed by atoms with Crippen LogP contribution < -0.4 is 5.73 Å². The fourth-order valence-electron chi connectivity index (χ4n) is 4.66. The predicted octanol–water partition coefficient (Wildman–Crippen LogP) is 4.41. The zero-order valence-corrected chi connectivity index (χ0v) is 17.5. The topological polar surface area (TPSA) is 63.4 Å². The van der Waals surface area contributed by atoms with Gasteiger partial charge in [-0.2, -0.15) is 0 Å². The van der Waals surface area contributed by atoms with E-state index in [4.69, 9.17) is 5.73 Å². The minimum Gasteiger partial charge on any atom is -0.369 e. The minimum absolute atomic E-state index is 0.152. The highest BCUT2D eigenvalue weighted by Gasteiger charge is 2.42. The Bertz CT molecular complexity index is 905. The average molecular weight is 409 g/mol. The number of carbonyl (C=O) groups excluding carboxylic acids is 2. The number of allylic oxidation sites excluding steroid dienone is 2. The SMILES string of the molecule is NC(=O)C1(Cc2cccc(-c3cccs3)c2)CCCN(C(=O)CC2C=CCC2)C1. The minimum atomic E-state index is -0.687. The molecule has 0 saturated carbocycles. The Morgan fingerprint density at radius 1 is 1.24 bits per heavy atom. The molecular formula is C24H28N2O2S. The molecule has 5 heteroatoms. The van der Waals surface area contributed by atoms with Crippen LogP contribution in [0.15, 0.2) is 53.9 Å². The maximum Gasteiger partial charge on any atom is 0.225 e. The first-order valence-corrected chi connectivity index (χ1v) is 11.3. The van der Waals surface area contributed by atoms with Crippen LogP contribution in [0.25, 0.3) is 10.4 Å². The third kappa shape index (κ3) is 4.45. The van der Waals surface area contributed by atoms with Crippen molar-refractivity contribution in [3.8, 4) is 10.4 Å². The van der Waals surface area contributed by atoms with Gasteiger partial charge < -0.3 is 10.6 Å². The quantitative estimate of drug-likeness (QED) is 0.720. The number of carbonyl (C=O) groups is 2. The third-order valence-electron chi connectivity index (χ3n) is 6.28. The monoisotopic (exact) mass is 408 g/mol. The Hall–Kier alpha value is -2.40.